The number of nitrogens with zero attached hydrogens (tertiary/aromatic N) is 3. The van der Waals surface area contributed by atoms with E-state index in [2.05, 4.69) is 17.3 Å². The second-order valence-electron chi connectivity index (χ2n) is 8.04. The van der Waals surface area contributed by atoms with Gasteiger partial charge in [0.25, 0.3) is 5.91 Å². The first-order valence-electron chi connectivity index (χ1n) is 10.4. The number of benzene rings is 1. The number of aryl methyl sites for hydroxylation is 1. The summed E-state index contributed by atoms with van der Waals surface area (Å²) in [5.74, 6) is -0.0773. The molecule has 3 rings (SSSR count). The average Bonchev–Trinajstić information content (AvgIpc) is 3.05. The molecule has 1 amide bonds. The Kier molecular flexibility index (Phi) is 6.85. The van der Waals surface area contributed by atoms with Gasteiger partial charge in [-0.3, -0.25) is 9.48 Å². The number of aromatic nitrogens is 2. The second kappa shape index (κ2) is 9.20. The van der Waals surface area contributed by atoms with Crippen LogP contribution in [0.1, 0.15) is 52.6 Å². The lowest BCUT2D eigenvalue weighted by Crippen LogP contribution is -2.36. The highest BCUT2D eigenvalue weighted by molar-refractivity contribution is 5.93. The molecule has 0 bridgehead atoms. The Labute approximate surface area is 175 Å². The van der Waals surface area contributed by atoms with Gasteiger partial charge in [0.2, 0.25) is 0 Å². The van der Waals surface area contributed by atoms with Gasteiger partial charge in [-0.1, -0.05) is 19.1 Å². The second-order valence-corrected chi connectivity index (χ2v) is 8.04. The Bertz CT molecular complexity index is 872. The molecule has 0 fully saturated rings. The van der Waals surface area contributed by atoms with Crippen LogP contribution in [-0.2, 0) is 32.0 Å². The van der Waals surface area contributed by atoms with Crippen LogP contribution in [0.4, 0.5) is 13.2 Å². The van der Waals surface area contributed by atoms with E-state index < -0.39 is 11.7 Å². The lowest BCUT2D eigenvalue weighted by atomic mass is 9.91. The minimum absolute atomic E-state index is 0.0773. The minimum atomic E-state index is -4.31. The van der Waals surface area contributed by atoms with Gasteiger partial charge in [0.15, 0.2) is 5.69 Å². The molecule has 1 unspecified atom stereocenters. The molecule has 2 aromatic rings. The third-order valence-electron chi connectivity index (χ3n) is 5.52. The SMILES string of the molecule is CCCn1nc(C(=O)N(C)C)c2c1CCC(NCCc1ccc(C(F)(F)F)cc1)C2. The van der Waals surface area contributed by atoms with Crippen molar-refractivity contribution in [2.45, 2.75) is 57.8 Å². The fraction of sp³-hybridized carbons (Fsp3) is 0.545. The highest BCUT2D eigenvalue weighted by Gasteiger charge is 2.30. The van der Waals surface area contributed by atoms with Crippen LogP contribution >= 0.6 is 0 Å². The molecule has 0 saturated carbocycles. The molecule has 30 heavy (non-hydrogen) atoms. The Morgan fingerprint density at radius 2 is 1.97 bits per heavy atom. The highest BCUT2D eigenvalue weighted by Crippen LogP contribution is 2.29. The zero-order valence-electron chi connectivity index (χ0n) is 17.7. The van der Waals surface area contributed by atoms with Crippen LogP contribution < -0.4 is 5.32 Å². The molecule has 164 valence electrons. The van der Waals surface area contributed by atoms with Gasteiger partial charge < -0.3 is 10.2 Å². The van der Waals surface area contributed by atoms with Crippen LogP contribution in [0.5, 0.6) is 0 Å². The standard InChI is InChI=1S/C22H29F3N4O/c1-4-13-29-19-10-9-17(14-18(19)20(27-29)21(30)28(2)3)26-12-11-15-5-7-16(8-6-15)22(23,24)25/h5-8,17,26H,4,9-14H2,1-3H3. The third kappa shape index (κ3) is 5.03. The molecular formula is C22H29F3N4O. The molecule has 0 radical (unpaired) electrons. The zero-order chi connectivity index (χ0) is 21.9. The maximum absolute atomic E-state index is 12.7. The summed E-state index contributed by atoms with van der Waals surface area (Å²) in [6.07, 6.45) is -0.147. The van der Waals surface area contributed by atoms with Crippen LogP contribution in [0.3, 0.4) is 0 Å². The molecule has 1 heterocycles. The average molecular weight is 422 g/mol. The number of amides is 1. The number of hydrogen-bond acceptors (Lipinski definition) is 3. The molecular weight excluding hydrogens is 393 g/mol. The molecule has 1 aromatic carbocycles. The van der Waals surface area contributed by atoms with Crippen LogP contribution in [0.2, 0.25) is 0 Å². The third-order valence-corrected chi connectivity index (χ3v) is 5.52. The number of carbonyl (C=O) groups is 1. The van der Waals surface area contributed by atoms with E-state index in [0.29, 0.717) is 18.7 Å². The summed E-state index contributed by atoms with van der Waals surface area (Å²) >= 11 is 0. The summed E-state index contributed by atoms with van der Waals surface area (Å²) in [6.45, 7) is 3.57. The Morgan fingerprint density at radius 3 is 2.57 bits per heavy atom. The zero-order valence-corrected chi connectivity index (χ0v) is 17.7. The summed E-state index contributed by atoms with van der Waals surface area (Å²) in [6, 6.07) is 5.55. The van der Waals surface area contributed by atoms with E-state index in [0.717, 1.165) is 61.2 Å². The number of fused-ring (bicyclic) bond motifs is 1. The number of nitrogens with one attached hydrogen (secondary N) is 1. The largest absolute Gasteiger partial charge is 0.416 e. The summed E-state index contributed by atoms with van der Waals surface area (Å²) in [5, 5.41) is 8.11. The number of carbonyl (C=O) groups excluding carboxylic acids is 1. The van der Waals surface area contributed by atoms with Gasteiger partial charge in [-0.25, -0.2) is 0 Å². The molecule has 1 aromatic heterocycles. The van der Waals surface area contributed by atoms with Crippen LogP contribution in [0, 0.1) is 0 Å². The minimum Gasteiger partial charge on any atom is -0.343 e. The maximum Gasteiger partial charge on any atom is 0.416 e. The maximum atomic E-state index is 12.7. The van der Waals surface area contributed by atoms with Crippen molar-refractivity contribution < 1.29 is 18.0 Å². The summed E-state index contributed by atoms with van der Waals surface area (Å²) in [4.78, 5) is 14.1. The lowest BCUT2D eigenvalue weighted by Gasteiger charge is -2.25. The Balaban J connectivity index is 1.63. The van der Waals surface area contributed by atoms with E-state index >= 15 is 0 Å². The van der Waals surface area contributed by atoms with Crippen LogP contribution in [0.15, 0.2) is 24.3 Å². The van der Waals surface area contributed by atoms with Crippen molar-refractivity contribution in [2.75, 3.05) is 20.6 Å². The van der Waals surface area contributed by atoms with Crippen molar-refractivity contribution in [2.24, 2.45) is 0 Å². The van der Waals surface area contributed by atoms with Gasteiger partial charge in [-0.15, -0.1) is 0 Å². The van der Waals surface area contributed by atoms with Crippen molar-refractivity contribution in [3.63, 3.8) is 0 Å². The van der Waals surface area contributed by atoms with E-state index in [1.165, 1.54) is 12.1 Å². The van der Waals surface area contributed by atoms with Crippen LogP contribution in [0.25, 0.3) is 0 Å². The van der Waals surface area contributed by atoms with Gasteiger partial charge in [-0.05, 0) is 56.3 Å². The summed E-state index contributed by atoms with van der Waals surface area (Å²) in [5.41, 5.74) is 2.97. The Hall–Kier alpha value is -2.35. The normalized spacial score (nSPS) is 16.4. The van der Waals surface area contributed by atoms with Crippen molar-refractivity contribution in [1.82, 2.24) is 20.0 Å². The van der Waals surface area contributed by atoms with Gasteiger partial charge in [0.05, 0.1) is 5.56 Å². The fourth-order valence-electron chi connectivity index (χ4n) is 3.92. The van der Waals surface area contributed by atoms with E-state index in [4.69, 9.17) is 0 Å². The predicted molar refractivity (Wildman–Crippen MR) is 109 cm³/mol. The smallest absolute Gasteiger partial charge is 0.343 e. The van der Waals surface area contributed by atoms with E-state index in [1.807, 2.05) is 4.68 Å². The quantitative estimate of drug-likeness (QED) is 0.740. The van der Waals surface area contributed by atoms with E-state index in [1.54, 1.807) is 19.0 Å². The van der Waals surface area contributed by atoms with Crippen molar-refractivity contribution in [3.05, 3.63) is 52.3 Å². The van der Waals surface area contributed by atoms with Crippen molar-refractivity contribution >= 4 is 5.91 Å². The molecule has 0 saturated heterocycles. The molecule has 0 spiro atoms. The van der Waals surface area contributed by atoms with Crippen molar-refractivity contribution in [1.29, 1.82) is 0 Å². The van der Waals surface area contributed by atoms with Gasteiger partial charge in [-0.2, -0.15) is 18.3 Å². The lowest BCUT2D eigenvalue weighted by molar-refractivity contribution is -0.137. The Morgan fingerprint density at radius 1 is 1.27 bits per heavy atom. The molecule has 0 aliphatic heterocycles. The van der Waals surface area contributed by atoms with Crippen LogP contribution in [-0.4, -0.2) is 47.3 Å². The first kappa shape index (κ1) is 22.3. The number of hydrogen-bond donors (Lipinski definition) is 1. The van der Waals surface area contributed by atoms with Crippen molar-refractivity contribution in [3.8, 4) is 0 Å². The summed E-state index contributed by atoms with van der Waals surface area (Å²) in [7, 11) is 3.46. The predicted octanol–water partition coefficient (Wildman–Crippen LogP) is 3.70. The molecule has 1 aliphatic rings. The number of rotatable bonds is 7. The molecule has 1 aliphatic carbocycles. The number of alkyl halides is 3. The van der Waals surface area contributed by atoms with E-state index in [-0.39, 0.29) is 11.9 Å². The molecule has 8 heteroatoms. The highest BCUT2D eigenvalue weighted by atomic mass is 19.4. The number of halogens is 3. The molecule has 1 atom stereocenters. The van der Waals surface area contributed by atoms with Gasteiger partial charge >= 0.3 is 6.18 Å². The fourth-order valence-corrected chi connectivity index (χ4v) is 3.92. The first-order valence-corrected chi connectivity index (χ1v) is 10.4. The topological polar surface area (TPSA) is 50.2 Å². The summed E-state index contributed by atoms with van der Waals surface area (Å²) < 4.78 is 40.0. The first-order chi connectivity index (χ1) is 14.2. The van der Waals surface area contributed by atoms with E-state index in [9.17, 15) is 18.0 Å². The molecule has 1 N–H and O–H groups in total. The monoisotopic (exact) mass is 422 g/mol. The molecule has 5 nitrogen and oxygen atoms in total. The van der Waals surface area contributed by atoms with Gasteiger partial charge in [0, 0.05) is 37.9 Å². The van der Waals surface area contributed by atoms with Gasteiger partial charge in [0.1, 0.15) is 0 Å².